The SMILES string of the molecule is CCCCC[C@H](O)CC(=O)CCc1ccc(OC)c(OC)c1. The number of ketones is 1. The Morgan fingerprint density at radius 1 is 1.18 bits per heavy atom. The van der Waals surface area contributed by atoms with Crippen molar-refractivity contribution in [1.29, 1.82) is 0 Å². The molecule has 1 aromatic carbocycles. The molecule has 0 fully saturated rings. The van der Waals surface area contributed by atoms with Gasteiger partial charge in [0.15, 0.2) is 11.5 Å². The van der Waals surface area contributed by atoms with Gasteiger partial charge in [0, 0.05) is 12.8 Å². The quantitative estimate of drug-likeness (QED) is 0.635. The zero-order valence-electron chi connectivity index (χ0n) is 13.9. The summed E-state index contributed by atoms with van der Waals surface area (Å²) in [7, 11) is 3.19. The number of rotatable bonds is 11. The van der Waals surface area contributed by atoms with E-state index in [1.54, 1.807) is 14.2 Å². The lowest BCUT2D eigenvalue weighted by Gasteiger charge is -2.11. The van der Waals surface area contributed by atoms with Gasteiger partial charge < -0.3 is 14.6 Å². The molecular weight excluding hydrogens is 280 g/mol. The van der Waals surface area contributed by atoms with Gasteiger partial charge >= 0.3 is 0 Å². The van der Waals surface area contributed by atoms with Crippen LogP contribution in [-0.4, -0.2) is 31.2 Å². The van der Waals surface area contributed by atoms with Crippen LogP contribution in [0.4, 0.5) is 0 Å². The Hall–Kier alpha value is -1.55. The summed E-state index contributed by atoms with van der Waals surface area (Å²) in [5.74, 6) is 1.47. The summed E-state index contributed by atoms with van der Waals surface area (Å²) in [6.07, 6.45) is 4.80. The molecule has 0 radical (unpaired) electrons. The number of unbranched alkanes of at least 4 members (excludes halogenated alkanes) is 2. The van der Waals surface area contributed by atoms with E-state index in [9.17, 15) is 9.90 Å². The fourth-order valence-corrected chi connectivity index (χ4v) is 2.42. The first-order chi connectivity index (χ1) is 10.6. The molecule has 0 spiro atoms. The summed E-state index contributed by atoms with van der Waals surface area (Å²) in [4.78, 5) is 11.9. The fourth-order valence-electron chi connectivity index (χ4n) is 2.42. The molecule has 4 nitrogen and oxygen atoms in total. The lowest BCUT2D eigenvalue weighted by molar-refractivity contribution is -0.121. The number of aliphatic hydroxyl groups is 1. The maximum atomic E-state index is 11.9. The van der Waals surface area contributed by atoms with Crippen LogP contribution in [0.25, 0.3) is 0 Å². The molecule has 0 bridgehead atoms. The van der Waals surface area contributed by atoms with Crippen molar-refractivity contribution in [3.05, 3.63) is 23.8 Å². The summed E-state index contributed by atoms with van der Waals surface area (Å²) in [6.45, 7) is 2.13. The minimum absolute atomic E-state index is 0.110. The molecule has 1 rings (SSSR count). The third-order valence-electron chi connectivity index (χ3n) is 3.74. The van der Waals surface area contributed by atoms with Crippen LogP contribution in [0.15, 0.2) is 18.2 Å². The highest BCUT2D eigenvalue weighted by Gasteiger charge is 2.11. The summed E-state index contributed by atoms with van der Waals surface area (Å²) < 4.78 is 10.4. The molecule has 0 aliphatic heterocycles. The first-order valence-corrected chi connectivity index (χ1v) is 8.01. The predicted molar refractivity (Wildman–Crippen MR) is 87.6 cm³/mol. The van der Waals surface area contributed by atoms with E-state index in [0.29, 0.717) is 24.3 Å². The van der Waals surface area contributed by atoms with E-state index in [-0.39, 0.29) is 12.2 Å². The van der Waals surface area contributed by atoms with Gasteiger partial charge in [-0.2, -0.15) is 0 Å². The van der Waals surface area contributed by atoms with Crippen molar-refractivity contribution < 1.29 is 19.4 Å². The van der Waals surface area contributed by atoms with Crippen molar-refractivity contribution in [2.75, 3.05) is 14.2 Å². The van der Waals surface area contributed by atoms with Crippen LogP contribution >= 0.6 is 0 Å². The Labute approximate surface area is 133 Å². The van der Waals surface area contributed by atoms with Crippen LogP contribution in [0.5, 0.6) is 11.5 Å². The van der Waals surface area contributed by atoms with E-state index in [0.717, 1.165) is 31.2 Å². The number of methoxy groups -OCH3 is 2. The first kappa shape index (κ1) is 18.5. The number of carbonyl (C=O) groups excluding carboxylic acids is 1. The van der Waals surface area contributed by atoms with Gasteiger partial charge in [0.05, 0.1) is 20.3 Å². The van der Waals surface area contributed by atoms with E-state index >= 15 is 0 Å². The molecule has 0 unspecified atom stereocenters. The second-order valence-electron chi connectivity index (χ2n) is 5.58. The molecule has 0 aliphatic carbocycles. The van der Waals surface area contributed by atoms with Gasteiger partial charge in [-0.15, -0.1) is 0 Å². The molecule has 0 saturated heterocycles. The average Bonchev–Trinajstić information content (AvgIpc) is 2.52. The van der Waals surface area contributed by atoms with Gasteiger partial charge in [0.1, 0.15) is 5.78 Å². The van der Waals surface area contributed by atoms with Crippen LogP contribution < -0.4 is 9.47 Å². The molecule has 4 heteroatoms. The number of ether oxygens (including phenoxy) is 2. The number of hydrogen-bond donors (Lipinski definition) is 1. The molecule has 0 heterocycles. The third kappa shape index (κ3) is 6.48. The number of hydrogen-bond acceptors (Lipinski definition) is 4. The number of aliphatic hydroxyl groups excluding tert-OH is 1. The number of carbonyl (C=O) groups is 1. The molecule has 0 aromatic heterocycles. The molecule has 22 heavy (non-hydrogen) atoms. The number of aryl methyl sites for hydroxylation is 1. The third-order valence-corrected chi connectivity index (χ3v) is 3.74. The van der Waals surface area contributed by atoms with Crippen molar-refractivity contribution in [3.8, 4) is 11.5 Å². The zero-order valence-corrected chi connectivity index (χ0v) is 13.9. The van der Waals surface area contributed by atoms with Crippen molar-refractivity contribution in [2.45, 2.75) is 58.0 Å². The molecule has 1 atom stereocenters. The van der Waals surface area contributed by atoms with Gasteiger partial charge in [-0.1, -0.05) is 32.3 Å². The monoisotopic (exact) mass is 308 g/mol. The van der Waals surface area contributed by atoms with E-state index < -0.39 is 6.10 Å². The van der Waals surface area contributed by atoms with Gasteiger partial charge in [0.2, 0.25) is 0 Å². The van der Waals surface area contributed by atoms with Crippen molar-refractivity contribution in [1.82, 2.24) is 0 Å². The van der Waals surface area contributed by atoms with Gasteiger partial charge in [-0.3, -0.25) is 4.79 Å². The standard InChI is InChI=1S/C18H28O4/c1-4-5-6-7-15(19)13-16(20)10-8-14-9-11-17(21-2)18(12-14)22-3/h9,11-12,15,19H,4-8,10,13H2,1-3H3/t15-/m0/s1. The summed E-state index contributed by atoms with van der Waals surface area (Å²) in [5.41, 5.74) is 1.03. The van der Waals surface area contributed by atoms with E-state index in [2.05, 4.69) is 6.92 Å². The Morgan fingerprint density at radius 2 is 1.91 bits per heavy atom. The maximum Gasteiger partial charge on any atom is 0.160 e. The predicted octanol–water partition coefficient (Wildman–Crippen LogP) is 3.54. The fraction of sp³-hybridized carbons (Fsp3) is 0.611. The van der Waals surface area contributed by atoms with Crippen molar-refractivity contribution >= 4 is 5.78 Å². The number of benzene rings is 1. The zero-order chi connectivity index (χ0) is 16.4. The minimum Gasteiger partial charge on any atom is -0.493 e. The lowest BCUT2D eigenvalue weighted by Crippen LogP contribution is -2.13. The van der Waals surface area contributed by atoms with Crippen LogP contribution in [-0.2, 0) is 11.2 Å². The smallest absolute Gasteiger partial charge is 0.160 e. The largest absolute Gasteiger partial charge is 0.493 e. The topological polar surface area (TPSA) is 55.8 Å². The normalized spacial score (nSPS) is 12.0. The van der Waals surface area contributed by atoms with Gasteiger partial charge in [-0.25, -0.2) is 0 Å². The maximum absolute atomic E-state index is 11.9. The molecule has 1 aromatic rings. The first-order valence-electron chi connectivity index (χ1n) is 8.01. The van der Waals surface area contributed by atoms with Gasteiger partial charge in [0.25, 0.3) is 0 Å². The second-order valence-corrected chi connectivity index (χ2v) is 5.58. The van der Waals surface area contributed by atoms with Crippen molar-refractivity contribution in [2.24, 2.45) is 0 Å². The van der Waals surface area contributed by atoms with Crippen LogP contribution in [0.1, 0.15) is 51.0 Å². The summed E-state index contributed by atoms with van der Waals surface area (Å²) in [5, 5.41) is 9.84. The Morgan fingerprint density at radius 3 is 2.55 bits per heavy atom. The molecular formula is C18H28O4. The summed E-state index contributed by atoms with van der Waals surface area (Å²) >= 11 is 0. The van der Waals surface area contributed by atoms with Crippen molar-refractivity contribution in [3.63, 3.8) is 0 Å². The lowest BCUT2D eigenvalue weighted by atomic mass is 10.0. The van der Waals surface area contributed by atoms with Gasteiger partial charge in [-0.05, 0) is 30.5 Å². The number of Topliss-reactive ketones (excluding diaryl/α,β-unsaturated/α-hetero) is 1. The molecule has 0 amide bonds. The summed E-state index contributed by atoms with van der Waals surface area (Å²) in [6, 6.07) is 5.67. The van der Waals surface area contributed by atoms with E-state index in [1.165, 1.54) is 0 Å². The van der Waals surface area contributed by atoms with Crippen LogP contribution in [0, 0.1) is 0 Å². The average molecular weight is 308 g/mol. The second kappa shape index (κ2) is 10.2. The molecule has 124 valence electrons. The minimum atomic E-state index is -0.496. The Balaban J connectivity index is 2.40. The molecule has 0 aliphatic rings. The van der Waals surface area contributed by atoms with Crippen LogP contribution in [0.2, 0.25) is 0 Å². The Bertz CT molecular complexity index is 456. The Kier molecular flexibility index (Phi) is 8.60. The highest BCUT2D eigenvalue weighted by molar-refractivity contribution is 5.79. The highest BCUT2D eigenvalue weighted by atomic mass is 16.5. The molecule has 1 N–H and O–H groups in total. The van der Waals surface area contributed by atoms with E-state index in [1.807, 2.05) is 18.2 Å². The van der Waals surface area contributed by atoms with Crippen LogP contribution in [0.3, 0.4) is 0 Å². The van der Waals surface area contributed by atoms with E-state index in [4.69, 9.17) is 9.47 Å². The molecule has 0 saturated carbocycles. The highest BCUT2D eigenvalue weighted by Crippen LogP contribution is 2.28.